The largest absolute Gasteiger partial charge is 0.506 e. The van der Waals surface area contributed by atoms with Gasteiger partial charge in [-0.3, -0.25) is 10.1 Å². The molecule has 1 aromatic carbocycles. The van der Waals surface area contributed by atoms with Crippen LogP contribution in [0.1, 0.15) is 43.4 Å². The Labute approximate surface area is 152 Å². The molecule has 2 N–H and O–H groups in total. The highest BCUT2D eigenvalue weighted by Gasteiger charge is 2.25. The third-order valence-electron chi connectivity index (χ3n) is 4.23. The molecule has 26 heavy (non-hydrogen) atoms. The van der Waals surface area contributed by atoms with E-state index in [1.54, 1.807) is 19.1 Å². The number of fused-ring (bicyclic) bond motifs is 1. The lowest BCUT2D eigenvalue weighted by atomic mass is 9.88. The average Bonchev–Trinajstić information content (AvgIpc) is 2.60. The van der Waals surface area contributed by atoms with Crippen LogP contribution in [0.3, 0.4) is 0 Å². The number of ketones is 1. The number of benzene rings is 1. The van der Waals surface area contributed by atoms with Crippen LogP contribution in [0.4, 0.5) is 10.5 Å². The second kappa shape index (κ2) is 8.51. The fourth-order valence-corrected chi connectivity index (χ4v) is 3.01. The summed E-state index contributed by atoms with van der Waals surface area (Å²) >= 11 is 0. The van der Waals surface area contributed by atoms with Crippen molar-refractivity contribution in [3.63, 3.8) is 0 Å². The maximum Gasteiger partial charge on any atom is 0.411 e. The Morgan fingerprint density at radius 1 is 1.15 bits per heavy atom. The van der Waals surface area contributed by atoms with E-state index >= 15 is 0 Å². The number of anilines is 1. The minimum absolute atomic E-state index is 0.189. The van der Waals surface area contributed by atoms with Crippen LogP contribution in [0.25, 0.3) is 5.76 Å². The van der Waals surface area contributed by atoms with Crippen molar-refractivity contribution in [3.8, 4) is 0 Å². The maximum absolute atomic E-state index is 11.9. The first-order valence-corrected chi connectivity index (χ1v) is 8.51. The second-order valence-electron chi connectivity index (χ2n) is 5.99. The number of ether oxygens (including phenoxy) is 2. The SMILES string of the molecule is CCOC(=O)Nc1cc2c(cc1/C(O)=C(\C(C)=O)C(=O)OC)CCCC2. The number of methoxy groups -OCH3 is 1. The molecule has 0 heterocycles. The summed E-state index contributed by atoms with van der Waals surface area (Å²) in [4.78, 5) is 35.6. The summed E-state index contributed by atoms with van der Waals surface area (Å²) in [5, 5.41) is 13.2. The van der Waals surface area contributed by atoms with Gasteiger partial charge in [0, 0.05) is 5.56 Å². The minimum atomic E-state index is -0.935. The molecule has 0 aliphatic heterocycles. The van der Waals surface area contributed by atoms with Gasteiger partial charge in [-0.15, -0.1) is 0 Å². The molecule has 0 radical (unpaired) electrons. The van der Waals surface area contributed by atoms with Crippen molar-refractivity contribution in [1.29, 1.82) is 0 Å². The van der Waals surface area contributed by atoms with Crippen LogP contribution >= 0.6 is 0 Å². The molecular weight excluding hydrogens is 338 g/mol. The van der Waals surface area contributed by atoms with Gasteiger partial charge in [-0.25, -0.2) is 9.59 Å². The smallest absolute Gasteiger partial charge is 0.411 e. The Kier molecular flexibility index (Phi) is 6.38. The molecule has 7 heteroatoms. The van der Waals surface area contributed by atoms with Crippen LogP contribution in [0.5, 0.6) is 0 Å². The van der Waals surface area contributed by atoms with Gasteiger partial charge < -0.3 is 14.6 Å². The molecule has 1 amide bonds. The number of aryl methyl sites for hydroxylation is 2. The Balaban J connectivity index is 2.61. The molecule has 2 rings (SSSR count). The number of esters is 1. The van der Waals surface area contributed by atoms with Gasteiger partial charge in [-0.1, -0.05) is 0 Å². The van der Waals surface area contributed by atoms with Crippen molar-refractivity contribution in [2.45, 2.75) is 39.5 Å². The number of aliphatic hydroxyl groups excluding tert-OH is 1. The minimum Gasteiger partial charge on any atom is -0.506 e. The zero-order valence-corrected chi connectivity index (χ0v) is 15.2. The molecule has 1 aliphatic carbocycles. The average molecular weight is 361 g/mol. The molecule has 0 saturated carbocycles. The number of carbonyl (C=O) groups excluding carboxylic acids is 3. The quantitative estimate of drug-likeness (QED) is 0.275. The third kappa shape index (κ3) is 4.22. The van der Waals surface area contributed by atoms with Gasteiger partial charge >= 0.3 is 12.1 Å². The summed E-state index contributed by atoms with van der Waals surface area (Å²) in [6.07, 6.45) is 3.04. The standard InChI is InChI=1S/C19H23NO6/c1-4-26-19(24)20-15-10-13-8-6-5-7-12(13)9-14(15)17(22)16(11(2)21)18(23)25-3/h9-10,22H,4-8H2,1-3H3,(H,20,24)/b17-16-. The van der Waals surface area contributed by atoms with Gasteiger partial charge in [-0.05, 0) is 62.8 Å². The molecule has 0 spiro atoms. The molecule has 7 nitrogen and oxygen atoms in total. The normalized spacial score (nSPS) is 14.0. The van der Waals surface area contributed by atoms with Gasteiger partial charge in [-0.2, -0.15) is 0 Å². The van der Waals surface area contributed by atoms with Crippen LogP contribution < -0.4 is 5.32 Å². The van der Waals surface area contributed by atoms with E-state index in [4.69, 9.17) is 4.74 Å². The monoisotopic (exact) mass is 361 g/mol. The maximum atomic E-state index is 11.9. The number of rotatable bonds is 5. The highest BCUT2D eigenvalue weighted by Crippen LogP contribution is 2.32. The third-order valence-corrected chi connectivity index (χ3v) is 4.23. The van der Waals surface area contributed by atoms with Crippen molar-refractivity contribution in [1.82, 2.24) is 0 Å². The van der Waals surface area contributed by atoms with Gasteiger partial charge in [0.25, 0.3) is 0 Å². The van der Waals surface area contributed by atoms with Gasteiger partial charge in [0.15, 0.2) is 5.78 Å². The van der Waals surface area contributed by atoms with E-state index in [2.05, 4.69) is 10.1 Å². The molecule has 0 aromatic heterocycles. The highest BCUT2D eigenvalue weighted by molar-refractivity contribution is 6.21. The molecule has 140 valence electrons. The van der Waals surface area contributed by atoms with E-state index < -0.39 is 29.2 Å². The van der Waals surface area contributed by atoms with E-state index in [0.29, 0.717) is 0 Å². The first-order valence-electron chi connectivity index (χ1n) is 8.51. The zero-order chi connectivity index (χ0) is 19.3. The van der Waals surface area contributed by atoms with Crippen LogP contribution in [-0.4, -0.2) is 36.7 Å². The number of amides is 1. The van der Waals surface area contributed by atoms with E-state index in [-0.39, 0.29) is 17.9 Å². The van der Waals surface area contributed by atoms with Crippen molar-refractivity contribution < 1.29 is 29.0 Å². The molecule has 0 fully saturated rings. The van der Waals surface area contributed by atoms with Gasteiger partial charge in [0.05, 0.1) is 19.4 Å². The summed E-state index contributed by atoms with van der Waals surface area (Å²) in [7, 11) is 1.13. The van der Waals surface area contributed by atoms with Crippen LogP contribution in [-0.2, 0) is 31.9 Å². The predicted molar refractivity (Wildman–Crippen MR) is 96.0 cm³/mol. The zero-order valence-electron chi connectivity index (χ0n) is 15.2. The number of nitrogens with one attached hydrogen (secondary N) is 1. The summed E-state index contributed by atoms with van der Waals surface area (Å²) in [5.41, 5.74) is 2.08. The fourth-order valence-electron chi connectivity index (χ4n) is 3.01. The van der Waals surface area contributed by atoms with E-state index in [1.807, 2.05) is 0 Å². The van der Waals surface area contributed by atoms with Gasteiger partial charge in [0.2, 0.25) is 0 Å². The summed E-state index contributed by atoms with van der Waals surface area (Å²) < 4.78 is 9.49. The molecule has 0 unspecified atom stereocenters. The van der Waals surface area contributed by atoms with Gasteiger partial charge in [0.1, 0.15) is 11.3 Å². The number of aliphatic hydroxyl groups is 1. The Morgan fingerprint density at radius 3 is 2.31 bits per heavy atom. The lowest BCUT2D eigenvalue weighted by molar-refractivity contribution is -0.137. The number of hydrogen-bond donors (Lipinski definition) is 2. The molecular formula is C19H23NO6. The summed E-state index contributed by atoms with van der Waals surface area (Å²) in [6, 6.07) is 3.46. The van der Waals surface area contributed by atoms with E-state index in [9.17, 15) is 19.5 Å². The summed E-state index contributed by atoms with van der Waals surface area (Å²) in [5.74, 6) is -2.09. The van der Waals surface area contributed by atoms with E-state index in [0.717, 1.165) is 43.9 Å². The fraction of sp³-hybridized carbons (Fsp3) is 0.421. The Bertz CT molecular complexity index is 766. The molecule has 0 atom stereocenters. The first-order chi connectivity index (χ1) is 12.4. The number of carbonyl (C=O) groups is 3. The Morgan fingerprint density at radius 2 is 1.77 bits per heavy atom. The molecule has 0 bridgehead atoms. The topological polar surface area (TPSA) is 102 Å². The van der Waals surface area contributed by atoms with Crippen LogP contribution in [0, 0.1) is 0 Å². The second-order valence-corrected chi connectivity index (χ2v) is 5.99. The van der Waals surface area contributed by atoms with Crippen LogP contribution in [0.15, 0.2) is 17.7 Å². The summed E-state index contributed by atoms with van der Waals surface area (Å²) in [6.45, 7) is 3.03. The van der Waals surface area contributed by atoms with Crippen molar-refractivity contribution in [2.24, 2.45) is 0 Å². The van der Waals surface area contributed by atoms with Crippen molar-refractivity contribution >= 4 is 29.3 Å². The van der Waals surface area contributed by atoms with Crippen molar-refractivity contribution in [2.75, 3.05) is 19.0 Å². The Hall–Kier alpha value is -2.83. The molecule has 0 saturated heterocycles. The van der Waals surface area contributed by atoms with Crippen molar-refractivity contribution in [3.05, 3.63) is 34.4 Å². The molecule has 1 aliphatic rings. The van der Waals surface area contributed by atoms with Crippen LogP contribution in [0.2, 0.25) is 0 Å². The lowest BCUT2D eigenvalue weighted by Gasteiger charge is -2.20. The first kappa shape index (κ1) is 19.5. The predicted octanol–water partition coefficient (Wildman–Crippen LogP) is 3.16. The number of Topliss-reactive ketones (excluding diaryl/α,β-unsaturated/α-hetero) is 1. The highest BCUT2D eigenvalue weighted by atomic mass is 16.5. The number of hydrogen-bond acceptors (Lipinski definition) is 6. The van der Waals surface area contributed by atoms with E-state index in [1.165, 1.54) is 6.92 Å². The lowest BCUT2D eigenvalue weighted by Crippen LogP contribution is -2.18. The molecule has 1 aromatic rings.